The molecule has 2 aromatic heterocycles. The quantitative estimate of drug-likeness (QED) is 0.498. The second-order valence-electron chi connectivity index (χ2n) is 7.38. The first-order valence-corrected chi connectivity index (χ1v) is 9.82. The van der Waals surface area contributed by atoms with Gasteiger partial charge < -0.3 is 14.9 Å². The number of carbonyl (C=O) groups excluding carboxylic acids is 1. The summed E-state index contributed by atoms with van der Waals surface area (Å²) in [7, 11) is 0. The standard InChI is InChI=1S/C23H24N4O2/c1-15-12-18-13-17(8-9-19(18)26-23(15)29)14-22(28)24-10-5-11-27-16(2)25-20-6-3-4-7-21(20)27/h3-4,6-9,12-13H,5,10-11,14H2,1-2H3,(H,24,28)(H,26,29). The highest BCUT2D eigenvalue weighted by molar-refractivity contribution is 5.83. The van der Waals surface area contributed by atoms with Gasteiger partial charge in [-0.1, -0.05) is 18.2 Å². The number of carbonyl (C=O) groups is 1. The van der Waals surface area contributed by atoms with Crippen molar-refractivity contribution in [1.29, 1.82) is 0 Å². The van der Waals surface area contributed by atoms with Gasteiger partial charge in [-0.3, -0.25) is 9.59 Å². The largest absolute Gasteiger partial charge is 0.356 e. The van der Waals surface area contributed by atoms with Crippen LogP contribution in [-0.4, -0.2) is 27.0 Å². The van der Waals surface area contributed by atoms with E-state index in [2.05, 4.69) is 25.9 Å². The molecule has 0 fully saturated rings. The van der Waals surface area contributed by atoms with Crippen LogP contribution in [0.1, 0.15) is 23.4 Å². The minimum atomic E-state index is -0.0797. The van der Waals surface area contributed by atoms with Gasteiger partial charge in [-0.25, -0.2) is 4.98 Å². The highest BCUT2D eigenvalue weighted by Gasteiger charge is 2.08. The second kappa shape index (κ2) is 7.91. The summed E-state index contributed by atoms with van der Waals surface area (Å²) in [4.78, 5) is 31.4. The molecule has 0 aliphatic carbocycles. The highest BCUT2D eigenvalue weighted by Crippen LogP contribution is 2.16. The van der Waals surface area contributed by atoms with Crippen molar-refractivity contribution in [3.05, 3.63) is 75.8 Å². The molecule has 0 unspecified atom stereocenters. The Morgan fingerprint density at radius 1 is 1.14 bits per heavy atom. The first-order valence-electron chi connectivity index (χ1n) is 9.82. The van der Waals surface area contributed by atoms with Gasteiger partial charge in [0, 0.05) is 24.2 Å². The Balaban J connectivity index is 1.33. The number of hydrogen-bond acceptors (Lipinski definition) is 3. The third-order valence-electron chi connectivity index (χ3n) is 5.19. The topological polar surface area (TPSA) is 79.8 Å². The number of pyridine rings is 1. The number of nitrogens with one attached hydrogen (secondary N) is 2. The molecule has 4 rings (SSSR count). The molecule has 0 saturated heterocycles. The zero-order valence-electron chi connectivity index (χ0n) is 16.7. The number of nitrogens with zero attached hydrogens (tertiary/aromatic N) is 2. The van der Waals surface area contributed by atoms with Crippen LogP contribution in [0.15, 0.2) is 53.3 Å². The Morgan fingerprint density at radius 3 is 2.83 bits per heavy atom. The molecule has 0 aliphatic rings. The Labute approximate surface area is 168 Å². The van der Waals surface area contributed by atoms with Crippen LogP contribution in [0, 0.1) is 13.8 Å². The van der Waals surface area contributed by atoms with Gasteiger partial charge in [0.15, 0.2) is 0 Å². The third-order valence-corrected chi connectivity index (χ3v) is 5.19. The van der Waals surface area contributed by atoms with Crippen molar-refractivity contribution < 1.29 is 4.79 Å². The van der Waals surface area contributed by atoms with E-state index in [0.717, 1.165) is 46.3 Å². The van der Waals surface area contributed by atoms with Crippen LogP contribution in [-0.2, 0) is 17.8 Å². The van der Waals surface area contributed by atoms with E-state index in [4.69, 9.17) is 0 Å². The molecule has 148 valence electrons. The summed E-state index contributed by atoms with van der Waals surface area (Å²) in [6.45, 7) is 5.22. The van der Waals surface area contributed by atoms with Crippen molar-refractivity contribution in [2.24, 2.45) is 0 Å². The van der Waals surface area contributed by atoms with Crippen LogP contribution in [0.4, 0.5) is 0 Å². The number of amides is 1. The minimum Gasteiger partial charge on any atom is -0.356 e. The molecule has 1 amide bonds. The number of benzene rings is 2. The first kappa shape index (κ1) is 18.9. The van der Waals surface area contributed by atoms with E-state index >= 15 is 0 Å². The van der Waals surface area contributed by atoms with Gasteiger partial charge in [-0.15, -0.1) is 0 Å². The lowest BCUT2D eigenvalue weighted by Crippen LogP contribution is -2.26. The number of hydrogen-bond donors (Lipinski definition) is 2. The molecule has 4 aromatic rings. The summed E-state index contributed by atoms with van der Waals surface area (Å²) >= 11 is 0. The van der Waals surface area contributed by atoms with Gasteiger partial charge in [-0.05, 0) is 61.5 Å². The Bertz CT molecular complexity index is 1250. The van der Waals surface area contributed by atoms with Crippen LogP contribution >= 0.6 is 0 Å². The van der Waals surface area contributed by atoms with Gasteiger partial charge in [0.25, 0.3) is 5.56 Å². The lowest BCUT2D eigenvalue weighted by molar-refractivity contribution is -0.120. The molecule has 0 saturated carbocycles. The molecular weight excluding hydrogens is 364 g/mol. The molecule has 0 spiro atoms. The number of fused-ring (bicyclic) bond motifs is 2. The van der Waals surface area contributed by atoms with E-state index in [9.17, 15) is 9.59 Å². The van der Waals surface area contributed by atoms with Crippen LogP contribution in [0.2, 0.25) is 0 Å². The number of aromatic amines is 1. The van der Waals surface area contributed by atoms with Gasteiger partial charge in [-0.2, -0.15) is 0 Å². The second-order valence-corrected chi connectivity index (χ2v) is 7.38. The predicted molar refractivity (Wildman–Crippen MR) is 115 cm³/mol. The summed E-state index contributed by atoms with van der Waals surface area (Å²) in [5.41, 5.74) is 4.43. The summed E-state index contributed by atoms with van der Waals surface area (Å²) in [6.07, 6.45) is 1.16. The SMILES string of the molecule is Cc1cc2cc(CC(=O)NCCCn3c(C)nc4ccccc43)ccc2[nH]c1=O. The number of rotatable bonds is 6. The van der Waals surface area contributed by atoms with E-state index < -0.39 is 0 Å². The van der Waals surface area contributed by atoms with Crippen molar-refractivity contribution in [2.75, 3.05) is 6.54 Å². The average Bonchev–Trinajstić information content (AvgIpc) is 3.01. The lowest BCUT2D eigenvalue weighted by Gasteiger charge is -2.09. The Morgan fingerprint density at radius 2 is 1.97 bits per heavy atom. The molecule has 6 heteroatoms. The van der Waals surface area contributed by atoms with E-state index in [1.165, 1.54) is 0 Å². The van der Waals surface area contributed by atoms with E-state index in [-0.39, 0.29) is 11.5 Å². The van der Waals surface area contributed by atoms with Crippen molar-refractivity contribution >= 4 is 27.8 Å². The summed E-state index contributed by atoms with van der Waals surface area (Å²) in [5, 5.41) is 3.94. The maximum Gasteiger partial charge on any atom is 0.251 e. The number of aromatic nitrogens is 3. The molecular formula is C23H24N4O2. The van der Waals surface area contributed by atoms with Gasteiger partial charge in [0.2, 0.25) is 5.91 Å². The van der Waals surface area contributed by atoms with Crippen molar-refractivity contribution in [3.63, 3.8) is 0 Å². The molecule has 0 bridgehead atoms. The minimum absolute atomic E-state index is 0.00212. The fourth-order valence-corrected chi connectivity index (χ4v) is 3.67. The third kappa shape index (κ3) is 4.06. The van der Waals surface area contributed by atoms with Crippen molar-refractivity contribution in [1.82, 2.24) is 19.9 Å². The maximum absolute atomic E-state index is 12.3. The molecule has 29 heavy (non-hydrogen) atoms. The zero-order valence-corrected chi connectivity index (χ0v) is 16.7. The van der Waals surface area contributed by atoms with Crippen molar-refractivity contribution in [3.8, 4) is 0 Å². The van der Waals surface area contributed by atoms with Crippen LogP contribution in [0.5, 0.6) is 0 Å². The molecule has 2 N–H and O–H groups in total. The fourth-order valence-electron chi connectivity index (χ4n) is 3.67. The van der Waals surface area contributed by atoms with Crippen LogP contribution in [0.25, 0.3) is 21.9 Å². The predicted octanol–water partition coefficient (Wildman–Crippen LogP) is 3.24. The first-order chi connectivity index (χ1) is 14.0. The number of para-hydroxylation sites is 2. The molecule has 0 aliphatic heterocycles. The summed E-state index contributed by atoms with van der Waals surface area (Å²) in [5.74, 6) is 0.986. The maximum atomic E-state index is 12.3. The monoisotopic (exact) mass is 388 g/mol. The van der Waals surface area contributed by atoms with Gasteiger partial charge in [0.1, 0.15) is 5.82 Å². The smallest absolute Gasteiger partial charge is 0.251 e. The van der Waals surface area contributed by atoms with E-state index in [1.807, 2.05) is 49.4 Å². The number of aryl methyl sites for hydroxylation is 3. The van der Waals surface area contributed by atoms with Crippen molar-refractivity contribution in [2.45, 2.75) is 33.2 Å². The molecule has 0 atom stereocenters. The van der Waals surface area contributed by atoms with Crippen LogP contribution < -0.4 is 10.9 Å². The van der Waals surface area contributed by atoms with Gasteiger partial charge >= 0.3 is 0 Å². The molecule has 6 nitrogen and oxygen atoms in total. The van der Waals surface area contributed by atoms with E-state index in [1.54, 1.807) is 6.92 Å². The summed E-state index contributed by atoms with van der Waals surface area (Å²) < 4.78 is 2.19. The molecule has 2 heterocycles. The lowest BCUT2D eigenvalue weighted by atomic mass is 10.1. The Hall–Kier alpha value is -3.41. The molecule has 2 aromatic carbocycles. The van der Waals surface area contributed by atoms with Gasteiger partial charge in [0.05, 0.1) is 17.5 Å². The normalized spacial score (nSPS) is 11.2. The molecule has 0 radical (unpaired) electrons. The van der Waals surface area contributed by atoms with Crippen LogP contribution in [0.3, 0.4) is 0 Å². The number of H-pyrrole nitrogens is 1. The summed E-state index contributed by atoms with van der Waals surface area (Å²) in [6, 6.07) is 15.6. The average molecular weight is 388 g/mol. The highest BCUT2D eigenvalue weighted by atomic mass is 16.1. The Kier molecular flexibility index (Phi) is 5.16. The van der Waals surface area contributed by atoms with E-state index in [0.29, 0.717) is 18.5 Å². The fraction of sp³-hybridized carbons (Fsp3) is 0.261. The zero-order chi connectivity index (χ0) is 20.4. The number of imidazole rings is 1.